The summed E-state index contributed by atoms with van der Waals surface area (Å²) in [7, 11) is -3.56. The van der Waals surface area contributed by atoms with Crippen LogP contribution >= 0.6 is 0 Å². The molecule has 1 atom stereocenters. The zero-order valence-electron chi connectivity index (χ0n) is 19.2. The predicted molar refractivity (Wildman–Crippen MR) is 127 cm³/mol. The highest BCUT2D eigenvalue weighted by atomic mass is 32.2. The van der Waals surface area contributed by atoms with E-state index in [-0.39, 0.29) is 11.4 Å². The first-order chi connectivity index (χ1) is 16.2. The number of esters is 1. The summed E-state index contributed by atoms with van der Waals surface area (Å²) >= 11 is 0. The van der Waals surface area contributed by atoms with Gasteiger partial charge in [0.05, 0.1) is 4.90 Å². The Bertz CT molecular complexity index is 1140. The molecule has 0 saturated carbocycles. The van der Waals surface area contributed by atoms with Crippen molar-refractivity contribution < 1.29 is 27.5 Å². The van der Waals surface area contributed by atoms with Crippen molar-refractivity contribution >= 4 is 33.5 Å². The van der Waals surface area contributed by atoms with Crippen LogP contribution in [-0.4, -0.2) is 56.2 Å². The minimum Gasteiger partial charge on any atom is -0.451 e. The number of anilines is 1. The van der Waals surface area contributed by atoms with Gasteiger partial charge in [0.25, 0.3) is 11.8 Å². The fraction of sp³-hybridized carbons (Fsp3) is 0.375. The van der Waals surface area contributed by atoms with E-state index in [1.165, 1.54) is 35.5 Å². The van der Waals surface area contributed by atoms with Crippen LogP contribution in [0, 0.1) is 6.92 Å². The van der Waals surface area contributed by atoms with E-state index in [1.54, 1.807) is 25.1 Å². The molecule has 1 unspecified atom stereocenters. The van der Waals surface area contributed by atoms with Gasteiger partial charge >= 0.3 is 5.97 Å². The number of aryl methyl sites for hydroxylation is 1. The minimum atomic E-state index is -3.56. The number of piperidine rings is 1. The molecule has 1 saturated heterocycles. The largest absolute Gasteiger partial charge is 0.451 e. The second-order valence-corrected chi connectivity index (χ2v) is 10.0. The van der Waals surface area contributed by atoms with Crippen LogP contribution < -0.4 is 10.6 Å². The second-order valence-electron chi connectivity index (χ2n) is 8.11. The maximum atomic E-state index is 12.7. The summed E-state index contributed by atoms with van der Waals surface area (Å²) in [6.07, 6.45) is 1.61. The van der Waals surface area contributed by atoms with Crippen LogP contribution in [0.15, 0.2) is 53.4 Å². The zero-order valence-corrected chi connectivity index (χ0v) is 20.1. The van der Waals surface area contributed by atoms with Crippen LogP contribution in [0.5, 0.6) is 0 Å². The summed E-state index contributed by atoms with van der Waals surface area (Å²) in [5.41, 5.74) is 1.60. The van der Waals surface area contributed by atoms with Crippen molar-refractivity contribution in [2.75, 3.05) is 25.0 Å². The molecular weight excluding hydrogens is 458 g/mol. The number of amides is 2. The molecule has 9 nitrogen and oxygen atoms in total. The Labute approximate surface area is 199 Å². The molecule has 3 rings (SSSR count). The highest BCUT2D eigenvalue weighted by Crippen LogP contribution is 2.22. The van der Waals surface area contributed by atoms with E-state index in [2.05, 4.69) is 10.6 Å². The quantitative estimate of drug-likeness (QED) is 0.552. The Morgan fingerprint density at radius 1 is 1.00 bits per heavy atom. The van der Waals surface area contributed by atoms with Gasteiger partial charge in [0.15, 0.2) is 6.10 Å². The first-order valence-corrected chi connectivity index (χ1v) is 12.6. The van der Waals surface area contributed by atoms with Gasteiger partial charge in [-0.05, 0) is 62.6 Å². The maximum Gasteiger partial charge on any atom is 0.326 e. The number of hydrogen-bond acceptors (Lipinski definition) is 6. The van der Waals surface area contributed by atoms with Gasteiger partial charge in [-0.15, -0.1) is 0 Å². The average Bonchev–Trinajstić information content (AvgIpc) is 2.83. The highest BCUT2D eigenvalue weighted by Gasteiger charge is 2.26. The highest BCUT2D eigenvalue weighted by molar-refractivity contribution is 7.89. The standard InChI is InChI=1S/C24H29N3O6S/c1-17-8-4-5-9-21(17)24(30)25-16-22(28)33-18(2)23(29)26-19-10-12-20(13-11-19)34(31,32)27-14-6-3-7-15-27/h4-5,8-13,18H,3,6-7,14-16H2,1-2H3,(H,25,30)(H,26,29). The number of rotatable bonds is 8. The Morgan fingerprint density at radius 3 is 2.29 bits per heavy atom. The molecular formula is C24H29N3O6S. The third kappa shape index (κ3) is 6.42. The molecule has 1 fully saturated rings. The van der Waals surface area contributed by atoms with E-state index in [9.17, 15) is 22.8 Å². The number of nitrogens with zero attached hydrogens (tertiary/aromatic N) is 1. The Balaban J connectivity index is 1.49. The van der Waals surface area contributed by atoms with Crippen LogP contribution in [0.2, 0.25) is 0 Å². The lowest BCUT2D eigenvalue weighted by atomic mass is 10.1. The normalized spacial score (nSPS) is 15.2. The molecule has 0 radical (unpaired) electrons. The maximum absolute atomic E-state index is 12.7. The van der Waals surface area contributed by atoms with Crippen LogP contribution in [0.1, 0.15) is 42.1 Å². The third-order valence-electron chi connectivity index (χ3n) is 5.54. The monoisotopic (exact) mass is 487 g/mol. The number of sulfonamides is 1. The first kappa shape index (κ1) is 25.4. The number of ether oxygens (including phenoxy) is 1. The summed E-state index contributed by atoms with van der Waals surface area (Å²) in [4.78, 5) is 36.8. The van der Waals surface area contributed by atoms with Crippen LogP contribution in [-0.2, 0) is 24.3 Å². The third-order valence-corrected chi connectivity index (χ3v) is 7.45. The smallest absolute Gasteiger partial charge is 0.326 e. The molecule has 0 bridgehead atoms. The van der Waals surface area contributed by atoms with E-state index >= 15 is 0 Å². The first-order valence-electron chi connectivity index (χ1n) is 11.1. The summed E-state index contributed by atoms with van der Waals surface area (Å²) in [5.74, 6) is -1.75. The van der Waals surface area contributed by atoms with E-state index in [1.807, 2.05) is 6.07 Å². The predicted octanol–water partition coefficient (Wildman–Crippen LogP) is 2.47. The average molecular weight is 488 g/mol. The Kier molecular flexibility index (Phi) is 8.41. The molecule has 182 valence electrons. The lowest BCUT2D eigenvalue weighted by Crippen LogP contribution is -2.36. The van der Waals surface area contributed by atoms with Crippen molar-refractivity contribution in [2.45, 2.75) is 44.1 Å². The lowest BCUT2D eigenvalue weighted by Gasteiger charge is -2.25. The van der Waals surface area contributed by atoms with Crippen molar-refractivity contribution in [1.82, 2.24) is 9.62 Å². The number of hydrogen-bond donors (Lipinski definition) is 2. The zero-order chi connectivity index (χ0) is 24.7. The Hall–Kier alpha value is -3.24. The summed E-state index contributed by atoms with van der Waals surface area (Å²) in [5, 5.41) is 5.07. The van der Waals surface area contributed by atoms with E-state index in [0.29, 0.717) is 24.3 Å². The van der Waals surface area contributed by atoms with Gasteiger partial charge < -0.3 is 15.4 Å². The fourth-order valence-electron chi connectivity index (χ4n) is 3.58. The molecule has 1 aliphatic rings. The van der Waals surface area contributed by atoms with Crippen molar-refractivity contribution in [3.63, 3.8) is 0 Å². The molecule has 34 heavy (non-hydrogen) atoms. The summed E-state index contributed by atoms with van der Waals surface area (Å²) in [6, 6.07) is 12.8. The molecule has 0 spiro atoms. The van der Waals surface area contributed by atoms with Gasteiger partial charge in [-0.25, -0.2) is 8.42 Å². The van der Waals surface area contributed by atoms with E-state index in [4.69, 9.17) is 4.74 Å². The summed E-state index contributed by atoms with van der Waals surface area (Å²) in [6.45, 7) is 3.83. The second kappa shape index (κ2) is 11.3. The molecule has 2 aromatic rings. The molecule has 1 heterocycles. The van der Waals surface area contributed by atoms with Gasteiger partial charge in [0, 0.05) is 24.3 Å². The molecule has 2 aromatic carbocycles. The number of nitrogens with one attached hydrogen (secondary N) is 2. The van der Waals surface area contributed by atoms with Crippen LogP contribution in [0.3, 0.4) is 0 Å². The molecule has 1 aliphatic heterocycles. The topological polar surface area (TPSA) is 122 Å². The SMILES string of the molecule is Cc1ccccc1C(=O)NCC(=O)OC(C)C(=O)Nc1ccc(S(=O)(=O)N2CCCCC2)cc1. The van der Waals surface area contributed by atoms with Gasteiger partial charge in [0.2, 0.25) is 10.0 Å². The molecule has 0 aromatic heterocycles. The van der Waals surface area contributed by atoms with Crippen LogP contribution in [0.4, 0.5) is 5.69 Å². The van der Waals surface area contributed by atoms with E-state index < -0.39 is 33.9 Å². The summed E-state index contributed by atoms with van der Waals surface area (Å²) < 4.78 is 32.0. The van der Waals surface area contributed by atoms with Gasteiger partial charge in [-0.1, -0.05) is 24.6 Å². The number of carbonyl (C=O) groups excluding carboxylic acids is 3. The fourth-order valence-corrected chi connectivity index (χ4v) is 5.09. The lowest BCUT2D eigenvalue weighted by molar-refractivity contribution is -0.152. The Morgan fingerprint density at radius 2 is 1.65 bits per heavy atom. The van der Waals surface area contributed by atoms with Crippen molar-refractivity contribution in [3.05, 3.63) is 59.7 Å². The van der Waals surface area contributed by atoms with Crippen molar-refractivity contribution in [1.29, 1.82) is 0 Å². The number of carbonyl (C=O) groups is 3. The van der Waals surface area contributed by atoms with Crippen molar-refractivity contribution in [3.8, 4) is 0 Å². The molecule has 2 N–H and O–H groups in total. The molecule has 10 heteroatoms. The molecule has 2 amide bonds. The molecule has 0 aliphatic carbocycles. The van der Waals surface area contributed by atoms with Gasteiger partial charge in [-0.3, -0.25) is 14.4 Å². The van der Waals surface area contributed by atoms with E-state index in [0.717, 1.165) is 24.8 Å². The van der Waals surface area contributed by atoms with Gasteiger partial charge in [-0.2, -0.15) is 4.31 Å². The van der Waals surface area contributed by atoms with Crippen LogP contribution in [0.25, 0.3) is 0 Å². The van der Waals surface area contributed by atoms with Crippen molar-refractivity contribution in [2.24, 2.45) is 0 Å². The van der Waals surface area contributed by atoms with Gasteiger partial charge in [0.1, 0.15) is 6.54 Å². The number of benzene rings is 2. The minimum absolute atomic E-state index is 0.163.